The van der Waals surface area contributed by atoms with Gasteiger partial charge in [-0.3, -0.25) is 0 Å². The zero-order valence-electron chi connectivity index (χ0n) is 12.5. The fourth-order valence-corrected chi connectivity index (χ4v) is 3.46. The van der Waals surface area contributed by atoms with Crippen LogP contribution in [0.15, 0.2) is 30.3 Å². The van der Waals surface area contributed by atoms with E-state index in [0.29, 0.717) is 5.92 Å². The van der Waals surface area contributed by atoms with E-state index in [1.165, 1.54) is 49.7 Å². The molecule has 0 aromatic heterocycles. The summed E-state index contributed by atoms with van der Waals surface area (Å²) in [5.74, 6) is 0.700. The fraction of sp³-hybridized carbons (Fsp3) is 0.556. The van der Waals surface area contributed by atoms with Crippen molar-refractivity contribution in [3.05, 3.63) is 41.5 Å². The molecule has 1 heterocycles. The number of hydrogen-bond donors (Lipinski definition) is 0. The van der Waals surface area contributed by atoms with Gasteiger partial charge in [0.25, 0.3) is 0 Å². The molecule has 1 aliphatic heterocycles. The zero-order valence-corrected chi connectivity index (χ0v) is 12.5. The van der Waals surface area contributed by atoms with Crippen molar-refractivity contribution in [2.24, 2.45) is 0 Å². The van der Waals surface area contributed by atoms with Gasteiger partial charge in [0.05, 0.1) is 7.11 Å². The Morgan fingerprint density at radius 1 is 1.15 bits per heavy atom. The molecule has 0 radical (unpaired) electrons. The summed E-state index contributed by atoms with van der Waals surface area (Å²) in [7, 11) is 1.77. The van der Waals surface area contributed by atoms with Gasteiger partial charge < -0.3 is 4.84 Å². The molecule has 1 aromatic rings. The van der Waals surface area contributed by atoms with Crippen LogP contribution in [0.1, 0.15) is 55.6 Å². The first kappa shape index (κ1) is 13.8. The molecule has 0 spiro atoms. The molecule has 2 aliphatic rings. The molecule has 0 saturated carbocycles. The van der Waals surface area contributed by atoms with E-state index in [1.807, 2.05) is 0 Å². The molecule has 20 heavy (non-hydrogen) atoms. The van der Waals surface area contributed by atoms with Crippen LogP contribution in [-0.4, -0.2) is 25.3 Å². The fourth-order valence-electron chi connectivity index (χ4n) is 3.46. The number of benzene rings is 1. The van der Waals surface area contributed by atoms with Crippen molar-refractivity contribution in [1.82, 2.24) is 5.06 Å². The highest BCUT2D eigenvalue weighted by atomic mass is 16.7. The molecular weight excluding hydrogens is 246 g/mol. The van der Waals surface area contributed by atoms with Crippen molar-refractivity contribution in [2.75, 3.05) is 20.2 Å². The average molecular weight is 271 g/mol. The second-order valence-electron chi connectivity index (χ2n) is 5.99. The van der Waals surface area contributed by atoms with Crippen LogP contribution in [-0.2, 0) is 4.84 Å². The molecule has 1 saturated heterocycles. The Morgan fingerprint density at radius 2 is 2.00 bits per heavy atom. The minimum absolute atomic E-state index is 0.700. The predicted octanol–water partition coefficient (Wildman–Crippen LogP) is 4.38. The Kier molecular flexibility index (Phi) is 4.54. The van der Waals surface area contributed by atoms with Crippen molar-refractivity contribution in [1.29, 1.82) is 0 Å². The largest absolute Gasteiger partial charge is 0.302 e. The first-order valence-corrected chi connectivity index (χ1v) is 7.95. The molecule has 1 aromatic carbocycles. The van der Waals surface area contributed by atoms with Gasteiger partial charge in [0.2, 0.25) is 0 Å². The summed E-state index contributed by atoms with van der Waals surface area (Å²) >= 11 is 0. The average Bonchev–Trinajstić information content (AvgIpc) is 2.56. The number of piperidine rings is 1. The molecule has 0 amide bonds. The molecule has 3 rings (SSSR count). The molecule has 0 N–H and O–H groups in total. The van der Waals surface area contributed by atoms with E-state index in [4.69, 9.17) is 4.84 Å². The number of rotatable bonds is 3. The lowest BCUT2D eigenvalue weighted by Crippen LogP contribution is -2.31. The van der Waals surface area contributed by atoms with Crippen LogP contribution < -0.4 is 0 Å². The van der Waals surface area contributed by atoms with E-state index in [2.05, 4.69) is 35.4 Å². The minimum atomic E-state index is 0.700. The van der Waals surface area contributed by atoms with E-state index in [1.54, 1.807) is 12.7 Å². The van der Waals surface area contributed by atoms with Gasteiger partial charge in [-0.1, -0.05) is 30.3 Å². The van der Waals surface area contributed by atoms with Crippen molar-refractivity contribution in [3.8, 4) is 0 Å². The Hall–Kier alpha value is -1.12. The summed E-state index contributed by atoms with van der Waals surface area (Å²) in [4.78, 5) is 5.32. The second-order valence-corrected chi connectivity index (χ2v) is 5.99. The van der Waals surface area contributed by atoms with Gasteiger partial charge in [-0.25, -0.2) is 0 Å². The van der Waals surface area contributed by atoms with Crippen molar-refractivity contribution in [2.45, 2.75) is 44.4 Å². The van der Waals surface area contributed by atoms with Crippen molar-refractivity contribution >= 4 is 5.57 Å². The van der Waals surface area contributed by atoms with Crippen LogP contribution in [0.5, 0.6) is 0 Å². The van der Waals surface area contributed by atoms with Crippen LogP contribution in [0.3, 0.4) is 0 Å². The van der Waals surface area contributed by atoms with Gasteiger partial charge in [-0.15, -0.1) is 0 Å². The summed E-state index contributed by atoms with van der Waals surface area (Å²) in [5.41, 5.74) is 4.54. The molecular formula is C18H25NO. The van der Waals surface area contributed by atoms with E-state index in [-0.39, 0.29) is 0 Å². The molecule has 2 nitrogen and oxygen atoms in total. The van der Waals surface area contributed by atoms with Crippen LogP contribution in [0, 0.1) is 0 Å². The maximum Gasteiger partial charge on any atom is 0.0575 e. The summed E-state index contributed by atoms with van der Waals surface area (Å²) in [6.07, 6.45) is 10.1. The molecule has 2 heteroatoms. The number of allylic oxidation sites excluding steroid dienone is 2. The maximum atomic E-state index is 5.32. The van der Waals surface area contributed by atoms with Gasteiger partial charge in [0.15, 0.2) is 0 Å². The van der Waals surface area contributed by atoms with Gasteiger partial charge in [0.1, 0.15) is 0 Å². The highest BCUT2D eigenvalue weighted by molar-refractivity contribution is 5.66. The Morgan fingerprint density at radius 3 is 2.70 bits per heavy atom. The Labute approximate surface area is 122 Å². The highest BCUT2D eigenvalue weighted by Crippen LogP contribution is 2.32. The standard InChI is InChI=1S/C18H25NO/c1-20-19-12-10-16(11-13-19)18-9-5-8-17(14-18)15-6-3-2-4-7-15/h5-6,8-9,14,16H,2-4,7,10-13H2,1H3. The minimum Gasteiger partial charge on any atom is -0.302 e. The lowest BCUT2D eigenvalue weighted by atomic mass is 9.86. The Balaban J connectivity index is 1.73. The summed E-state index contributed by atoms with van der Waals surface area (Å²) in [5, 5.41) is 2.07. The quantitative estimate of drug-likeness (QED) is 0.808. The van der Waals surface area contributed by atoms with Crippen LogP contribution in [0.2, 0.25) is 0 Å². The predicted molar refractivity (Wildman–Crippen MR) is 83.4 cm³/mol. The SMILES string of the molecule is CON1CCC(c2cccc(C3=CCCCC3)c2)CC1. The van der Waals surface area contributed by atoms with E-state index in [0.717, 1.165) is 13.1 Å². The highest BCUT2D eigenvalue weighted by Gasteiger charge is 2.20. The van der Waals surface area contributed by atoms with Gasteiger partial charge >= 0.3 is 0 Å². The van der Waals surface area contributed by atoms with Crippen LogP contribution >= 0.6 is 0 Å². The topological polar surface area (TPSA) is 12.5 Å². The summed E-state index contributed by atoms with van der Waals surface area (Å²) in [6, 6.07) is 9.26. The number of hydroxylamine groups is 2. The molecule has 108 valence electrons. The number of hydrogen-bond acceptors (Lipinski definition) is 2. The molecule has 1 fully saturated rings. The van der Waals surface area contributed by atoms with Crippen molar-refractivity contribution in [3.63, 3.8) is 0 Å². The van der Waals surface area contributed by atoms with E-state index < -0.39 is 0 Å². The summed E-state index contributed by atoms with van der Waals surface area (Å²) < 4.78 is 0. The van der Waals surface area contributed by atoms with E-state index in [9.17, 15) is 0 Å². The normalized spacial score (nSPS) is 21.8. The second kappa shape index (κ2) is 6.55. The lowest BCUT2D eigenvalue weighted by molar-refractivity contribution is -0.143. The first-order valence-electron chi connectivity index (χ1n) is 7.95. The van der Waals surface area contributed by atoms with E-state index >= 15 is 0 Å². The van der Waals surface area contributed by atoms with Gasteiger partial charge in [0, 0.05) is 13.1 Å². The summed E-state index contributed by atoms with van der Waals surface area (Å²) in [6.45, 7) is 2.10. The Bertz CT molecular complexity index is 472. The molecule has 0 bridgehead atoms. The molecule has 1 aliphatic carbocycles. The van der Waals surface area contributed by atoms with Crippen LogP contribution in [0.4, 0.5) is 0 Å². The third kappa shape index (κ3) is 3.13. The monoisotopic (exact) mass is 271 g/mol. The maximum absolute atomic E-state index is 5.32. The number of nitrogens with zero attached hydrogens (tertiary/aromatic N) is 1. The lowest BCUT2D eigenvalue weighted by Gasteiger charge is -2.30. The van der Waals surface area contributed by atoms with Gasteiger partial charge in [-0.05, 0) is 61.1 Å². The smallest absolute Gasteiger partial charge is 0.0575 e. The first-order chi connectivity index (χ1) is 9.86. The van der Waals surface area contributed by atoms with Gasteiger partial charge in [-0.2, -0.15) is 5.06 Å². The zero-order chi connectivity index (χ0) is 13.8. The molecule has 0 unspecified atom stereocenters. The molecule has 0 atom stereocenters. The van der Waals surface area contributed by atoms with Crippen LogP contribution in [0.25, 0.3) is 5.57 Å². The third-order valence-corrected chi connectivity index (χ3v) is 4.73. The van der Waals surface area contributed by atoms with Crippen molar-refractivity contribution < 1.29 is 4.84 Å². The third-order valence-electron chi connectivity index (χ3n) is 4.73.